The second-order valence-corrected chi connectivity index (χ2v) is 5.31. The number of nitrogens with one attached hydrogen (secondary N) is 1. The minimum atomic E-state index is -0.313. The van der Waals surface area contributed by atoms with Crippen LogP contribution in [0.2, 0.25) is 0 Å². The van der Waals surface area contributed by atoms with Gasteiger partial charge in [0.2, 0.25) is 0 Å². The minimum absolute atomic E-state index is 0.115. The highest BCUT2D eigenvalue weighted by atomic mass is 19.1. The Morgan fingerprint density at radius 3 is 2.94 bits per heavy atom. The Morgan fingerprint density at radius 1 is 1.56 bits per heavy atom. The van der Waals surface area contributed by atoms with Crippen molar-refractivity contribution in [3.8, 4) is 0 Å². The van der Waals surface area contributed by atoms with Crippen LogP contribution in [0.1, 0.15) is 45.4 Å². The van der Waals surface area contributed by atoms with Crippen LogP contribution in [-0.2, 0) is 4.74 Å². The van der Waals surface area contributed by atoms with Crippen LogP contribution in [0.3, 0.4) is 0 Å². The molecule has 3 atom stereocenters. The molecule has 100 valence electrons. The summed E-state index contributed by atoms with van der Waals surface area (Å²) in [5.74, 6) is -0.313. The largest absolute Gasteiger partial charge is 0.363 e. The second kappa shape index (κ2) is 5.33. The molecule has 0 spiro atoms. The molecule has 1 aliphatic heterocycles. The molecule has 1 aliphatic rings. The maximum atomic E-state index is 12.9. The number of pyridine rings is 1. The van der Waals surface area contributed by atoms with E-state index in [9.17, 15) is 4.39 Å². The Balaban J connectivity index is 2.17. The van der Waals surface area contributed by atoms with Crippen molar-refractivity contribution >= 4 is 0 Å². The summed E-state index contributed by atoms with van der Waals surface area (Å²) in [6, 6.07) is 3.33. The van der Waals surface area contributed by atoms with E-state index < -0.39 is 0 Å². The van der Waals surface area contributed by atoms with Crippen molar-refractivity contribution in [1.29, 1.82) is 0 Å². The molecule has 4 heteroatoms. The van der Waals surface area contributed by atoms with Gasteiger partial charge in [-0.1, -0.05) is 13.3 Å². The van der Waals surface area contributed by atoms with Crippen molar-refractivity contribution in [2.45, 2.75) is 51.4 Å². The smallest absolute Gasteiger partial charge is 0.141 e. The molecule has 0 amide bonds. The topological polar surface area (TPSA) is 34.2 Å². The number of halogens is 1. The Kier molecular flexibility index (Phi) is 3.97. The molecule has 3 nitrogen and oxygen atoms in total. The third-order valence-corrected chi connectivity index (χ3v) is 3.48. The van der Waals surface area contributed by atoms with E-state index in [1.54, 1.807) is 6.07 Å². The van der Waals surface area contributed by atoms with Crippen LogP contribution in [-0.4, -0.2) is 23.2 Å². The van der Waals surface area contributed by atoms with E-state index in [4.69, 9.17) is 4.74 Å². The van der Waals surface area contributed by atoms with Crippen LogP contribution in [0, 0.1) is 5.82 Å². The summed E-state index contributed by atoms with van der Waals surface area (Å²) in [6.45, 7) is 7.19. The fourth-order valence-electron chi connectivity index (χ4n) is 2.48. The number of rotatable bonds is 3. The Bertz CT molecular complexity index is 395. The van der Waals surface area contributed by atoms with Gasteiger partial charge in [-0.05, 0) is 32.4 Å². The summed E-state index contributed by atoms with van der Waals surface area (Å²) < 4.78 is 19.1. The van der Waals surface area contributed by atoms with Gasteiger partial charge in [0.15, 0.2) is 0 Å². The average Bonchev–Trinajstić information content (AvgIpc) is 2.34. The van der Waals surface area contributed by atoms with Crippen LogP contribution in [0.5, 0.6) is 0 Å². The van der Waals surface area contributed by atoms with Gasteiger partial charge in [0.1, 0.15) is 11.9 Å². The highest BCUT2D eigenvalue weighted by Crippen LogP contribution is 2.32. The lowest BCUT2D eigenvalue weighted by Crippen LogP contribution is -2.53. The van der Waals surface area contributed by atoms with E-state index in [0.717, 1.165) is 25.1 Å². The Morgan fingerprint density at radius 2 is 2.33 bits per heavy atom. The second-order valence-electron chi connectivity index (χ2n) is 5.31. The van der Waals surface area contributed by atoms with Crippen LogP contribution < -0.4 is 5.32 Å². The van der Waals surface area contributed by atoms with Crippen molar-refractivity contribution < 1.29 is 9.13 Å². The lowest BCUT2D eigenvalue weighted by atomic mass is 9.94. The monoisotopic (exact) mass is 252 g/mol. The molecule has 1 saturated heterocycles. The average molecular weight is 252 g/mol. The number of nitrogens with zero attached hydrogens (tertiary/aromatic N) is 1. The van der Waals surface area contributed by atoms with Gasteiger partial charge < -0.3 is 10.1 Å². The lowest BCUT2D eigenvalue weighted by molar-refractivity contribution is -0.130. The first-order valence-electron chi connectivity index (χ1n) is 6.57. The molecular weight excluding hydrogens is 231 g/mol. The quantitative estimate of drug-likeness (QED) is 0.898. The summed E-state index contributed by atoms with van der Waals surface area (Å²) in [5.41, 5.74) is 0.626. The molecule has 1 fully saturated rings. The maximum absolute atomic E-state index is 12.9. The number of morpholine rings is 1. The molecule has 18 heavy (non-hydrogen) atoms. The molecule has 0 aliphatic carbocycles. The van der Waals surface area contributed by atoms with Gasteiger partial charge in [-0.15, -0.1) is 0 Å². The zero-order chi connectivity index (χ0) is 13.2. The van der Waals surface area contributed by atoms with Crippen molar-refractivity contribution in [1.82, 2.24) is 10.3 Å². The van der Waals surface area contributed by atoms with Gasteiger partial charge in [0.05, 0.1) is 17.5 Å². The molecule has 2 heterocycles. The third kappa shape index (κ3) is 2.87. The summed E-state index contributed by atoms with van der Waals surface area (Å²) in [6.07, 6.45) is 3.22. The number of hydrogen-bond donors (Lipinski definition) is 1. The van der Waals surface area contributed by atoms with E-state index in [1.807, 2.05) is 0 Å². The van der Waals surface area contributed by atoms with Crippen LogP contribution in [0.25, 0.3) is 0 Å². The molecule has 1 N–H and O–H groups in total. The van der Waals surface area contributed by atoms with E-state index in [2.05, 4.69) is 31.1 Å². The number of hydrogen-bond acceptors (Lipinski definition) is 3. The predicted molar refractivity (Wildman–Crippen MR) is 68.8 cm³/mol. The van der Waals surface area contributed by atoms with E-state index >= 15 is 0 Å². The Hall–Kier alpha value is -1.00. The normalized spacial score (nSPS) is 32.4. The van der Waals surface area contributed by atoms with E-state index in [1.165, 1.54) is 12.3 Å². The Labute approximate surface area is 108 Å². The first kappa shape index (κ1) is 13.4. The standard InChI is InChI=1S/C14H21FN2O/c1-4-7-14(3)9-17-10(2)13(18-14)12-6-5-11(15)8-16-12/h5-6,8,10,13,17H,4,7,9H2,1-3H3. The molecule has 3 unspecified atom stereocenters. The number of aromatic nitrogens is 1. The van der Waals surface area contributed by atoms with Crippen molar-refractivity contribution in [3.05, 3.63) is 29.8 Å². The van der Waals surface area contributed by atoms with E-state index in [-0.39, 0.29) is 23.6 Å². The first-order valence-corrected chi connectivity index (χ1v) is 6.57. The fourth-order valence-corrected chi connectivity index (χ4v) is 2.48. The SMILES string of the molecule is CCCC1(C)CNC(C)C(c2ccc(F)cn2)O1. The molecule has 1 aromatic heterocycles. The summed E-state index contributed by atoms with van der Waals surface area (Å²) in [4.78, 5) is 4.14. The molecular formula is C14H21FN2O. The highest BCUT2D eigenvalue weighted by molar-refractivity contribution is 5.12. The van der Waals surface area contributed by atoms with Crippen molar-refractivity contribution in [2.75, 3.05) is 6.54 Å². The van der Waals surface area contributed by atoms with Gasteiger partial charge in [-0.2, -0.15) is 0 Å². The lowest BCUT2D eigenvalue weighted by Gasteiger charge is -2.42. The summed E-state index contributed by atoms with van der Waals surface area (Å²) in [5, 5.41) is 3.46. The number of ether oxygens (including phenoxy) is 1. The highest BCUT2D eigenvalue weighted by Gasteiger charge is 2.37. The van der Waals surface area contributed by atoms with Gasteiger partial charge in [-0.25, -0.2) is 4.39 Å². The van der Waals surface area contributed by atoms with Crippen molar-refractivity contribution in [2.24, 2.45) is 0 Å². The fraction of sp³-hybridized carbons (Fsp3) is 0.643. The third-order valence-electron chi connectivity index (χ3n) is 3.48. The summed E-state index contributed by atoms with van der Waals surface area (Å²) in [7, 11) is 0. The van der Waals surface area contributed by atoms with Gasteiger partial charge in [-0.3, -0.25) is 4.98 Å². The molecule has 0 saturated carbocycles. The van der Waals surface area contributed by atoms with Crippen molar-refractivity contribution in [3.63, 3.8) is 0 Å². The van der Waals surface area contributed by atoms with Gasteiger partial charge in [0.25, 0.3) is 0 Å². The molecule has 2 rings (SSSR count). The molecule has 0 bridgehead atoms. The first-order chi connectivity index (χ1) is 8.54. The van der Waals surface area contributed by atoms with Crippen LogP contribution >= 0.6 is 0 Å². The summed E-state index contributed by atoms with van der Waals surface area (Å²) >= 11 is 0. The van der Waals surface area contributed by atoms with Gasteiger partial charge >= 0.3 is 0 Å². The minimum Gasteiger partial charge on any atom is -0.363 e. The van der Waals surface area contributed by atoms with Crippen LogP contribution in [0.4, 0.5) is 4.39 Å². The maximum Gasteiger partial charge on any atom is 0.141 e. The van der Waals surface area contributed by atoms with E-state index in [0.29, 0.717) is 0 Å². The molecule has 1 aromatic rings. The van der Waals surface area contributed by atoms with Crippen LogP contribution in [0.15, 0.2) is 18.3 Å². The zero-order valence-electron chi connectivity index (χ0n) is 11.2. The molecule has 0 aromatic carbocycles. The zero-order valence-corrected chi connectivity index (χ0v) is 11.2. The predicted octanol–water partition coefficient (Wildman–Crippen LogP) is 2.83. The molecule has 0 radical (unpaired) electrons. The van der Waals surface area contributed by atoms with Gasteiger partial charge in [0, 0.05) is 12.6 Å².